The summed E-state index contributed by atoms with van der Waals surface area (Å²) in [5, 5.41) is 8.98. The quantitative estimate of drug-likeness (QED) is 0.231. The number of benzene rings is 3. The first-order valence-corrected chi connectivity index (χ1v) is 13.2. The van der Waals surface area contributed by atoms with Crippen LogP contribution in [0.5, 0.6) is 5.75 Å². The molecule has 1 aliphatic rings. The molecule has 3 aromatic rings. The Bertz CT molecular complexity index is 1200. The minimum absolute atomic E-state index is 0.0491. The fourth-order valence-corrected chi connectivity index (χ4v) is 4.41. The number of nitrogens with zero attached hydrogens (tertiary/aromatic N) is 1. The number of nitrogens with one attached hydrogen (secondary N) is 2. The molecule has 1 amide bonds. The number of carbonyl (C=O) groups excluding carboxylic acids is 1. The van der Waals surface area contributed by atoms with Crippen molar-refractivity contribution in [3.63, 3.8) is 0 Å². The van der Waals surface area contributed by atoms with E-state index in [-0.39, 0.29) is 18.6 Å². The van der Waals surface area contributed by atoms with Crippen LogP contribution in [0.15, 0.2) is 88.3 Å². The number of hydrogen-bond acceptors (Lipinski definition) is 6. The van der Waals surface area contributed by atoms with E-state index in [1.165, 1.54) is 0 Å². The topological polar surface area (TPSA) is 92.2 Å². The van der Waals surface area contributed by atoms with Crippen molar-refractivity contribution in [1.29, 1.82) is 0 Å². The number of aliphatic imine (C=N–C) groups is 1. The molecule has 7 nitrogen and oxygen atoms in total. The Hall–Kier alpha value is -3.20. The highest BCUT2D eigenvalue weighted by atomic mass is 79.9. The summed E-state index contributed by atoms with van der Waals surface area (Å²) in [4.78, 5) is 18.9. The average Bonchev–Trinajstić information content (AvgIpc) is 3.29. The lowest BCUT2D eigenvalue weighted by Gasteiger charge is -2.31. The molecule has 1 heterocycles. The van der Waals surface area contributed by atoms with Gasteiger partial charge in [0.2, 0.25) is 5.90 Å². The predicted octanol–water partition coefficient (Wildman–Crippen LogP) is 4.74. The Morgan fingerprint density at radius 3 is 2.43 bits per heavy atom. The summed E-state index contributed by atoms with van der Waals surface area (Å²) in [5.41, 5.74) is 7.24. The van der Waals surface area contributed by atoms with Crippen molar-refractivity contribution < 1.29 is 19.4 Å². The Morgan fingerprint density at radius 1 is 1.08 bits per heavy atom. The molecule has 0 spiro atoms. The third-order valence-electron chi connectivity index (χ3n) is 5.99. The molecule has 8 heteroatoms. The molecule has 0 aliphatic carbocycles. The van der Waals surface area contributed by atoms with Gasteiger partial charge >= 0.3 is 0 Å². The Balaban J connectivity index is 1.75. The summed E-state index contributed by atoms with van der Waals surface area (Å²) in [6.07, 6.45) is 0.269. The van der Waals surface area contributed by atoms with E-state index in [4.69, 9.17) is 19.6 Å². The van der Waals surface area contributed by atoms with Crippen LogP contribution in [0.3, 0.4) is 0 Å². The van der Waals surface area contributed by atoms with Crippen LogP contribution in [-0.2, 0) is 16.0 Å². The molecule has 0 fully saturated rings. The zero-order chi connectivity index (χ0) is 26.3. The molecule has 3 aromatic carbocycles. The lowest BCUT2D eigenvalue weighted by molar-refractivity contribution is -0.130. The van der Waals surface area contributed by atoms with E-state index in [2.05, 4.69) is 26.8 Å². The molecule has 0 bridgehead atoms. The second-order valence-corrected chi connectivity index (χ2v) is 10.2. The summed E-state index contributed by atoms with van der Waals surface area (Å²) in [5.74, 6) is 0.817. The second-order valence-electron chi connectivity index (χ2n) is 9.26. The van der Waals surface area contributed by atoms with Crippen molar-refractivity contribution in [2.45, 2.75) is 44.4 Å². The number of halogens is 1. The number of hydrazine groups is 1. The highest BCUT2D eigenvalue weighted by Gasteiger charge is 2.53. The van der Waals surface area contributed by atoms with Gasteiger partial charge in [-0.3, -0.25) is 10.2 Å². The van der Waals surface area contributed by atoms with Gasteiger partial charge in [-0.2, -0.15) is 0 Å². The molecule has 4 rings (SSSR count). The molecular weight excluding hydrogens is 534 g/mol. The molecule has 0 saturated heterocycles. The molecule has 1 aliphatic heterocycles. The van der Waals surface area contributed by atoms with Crippen molar-refractivity contribution in [2.24, 2.45) is 4.99 Å². The van der Waals surface area contributed by atoms with Gasteiger partial charge in [0.1, 0.15) is 5.75 Å². The number of aliphatic hydroxyl groups excluding tert-OH is 1. The number of hydrogen-bond donors (Lipinski definition) is 3. The van der Waals surface area contributed by atoms with Crippen LogP contribution in [0.25, 0.3) is 0 Å². The number of amides is 1. The average molecular weight is 566 g/mol. The van der Waals surface area contributed by atoms with Crippen molar-refractivity contribution in [3.05, 3.63) is 100 Å². The smallest absolute Gasteiger partial charge is 0.266 e. The van der Waals surface area contributed by atoms with E-state index in [0.29, 0.717) is 31.1 Å². The Morgan fingerprint density at radius 2 is 1.78 bits per heavy atom. The van der Waals surface area contributed by atoms with Crippen LogP contribution in [0, 0.1) is 0 Å². The molecular formula is C29H32BrN3O4. The van der Waals surface area contributed by atoms with Gasteiger partial charge < -0.3 is 14.6 Å². The van der Waals surface area contributed by atoms with Crippen LogP contribution in [0.4, 0.5) is 0 Å². The Labute approximate surface area is 226 Å². The largest absolute Gasteiger partial charge is 0.494 e. The maximum Gasteiger partial charge on any atom is 0.266 e. The number of rotatable bonds is 11. The normalized spacial score (nSPS) is 18.8. The van der Waals surface area contributed by atoms with Crippen LogP contribution in [0.2, 0.25) is 0 Å². The van der Waals surface area contributed by atoms with Crippen molar-refractivity contribution in [1.82, 2.24) is 10.9 Å². The van der Waals surface area contributed by atoms with E-state index in [1.807, 2.05) is 92.7 Å². The van der Waals surface area contributed by atoms with Gasteiger partial charge in [-0.15, -0.1) is 0 Å². The second kappa shape index (κ2) is 12.4. The molecule has 0 radical (unpaired) electrons. The molecule has 0 aromatic heterocycles. The van der Waals surface area contributed by atoms with E-state index >= 15 is 0 Å². The summed E-state index contributed by atoms with van der Waals surface area (Å²) < 4.78 is 13.1. The standard InChI is InChI=1S/C29H32BrN3O4/c1-20(2)32-33-28(35)29(19-21-7-4-3-5-8-21)26(22-9-13-24(30)14-10-22)37-27(31-29)23-11-15-25(16-12-23)36-18-6-17-34/h3-5,7-16,20,26,32,34H,6,17-19H2,1-2H3,(H,33,35)/t26-,29-/m0/s1. The third kappa shape index (κ3) is 6.57. The van der Waals surface area contributed by atoms with Crippen molar-refractivity contribution in [2.75, 3.05) is 13.2 Å². The summed E-state index contributed by atoms with van der Waals surface area (Å²) in [6.45, 7) is 4.43. The molecule has 37 heavy (non-hydrogen) atoms. The molecule has 2 atom stereocenters. The van der Waals surface area contributed by atoms with Gasteiger partial charge in [0.25, 0.3) is 5.91 Å². The van der Waals surface area contributed by atoms with Crippen LogP contribution in [-0.4, -0.2) is 41.7 Å². The van der Waals surface area contributed by atoms with Crippen LogP contribution >= 0.6 is 15.9 Å². The highest BCUT2D eigenvalue weighted by molar-refractivity contribution is 9.10. The first-order valence-electron chi connectivity index (χ1n) is 12.4. The Kier molecular flexibility index (Phi) is 8.97. The van der Waals surface area contributed by atoms with Gasteiger partial charge in [-0.05, 0) is 61.4 Å². The molecule has 0 saturated carbocycles. The van der Waals surface area contributed by atoms with Gasteiger partial charge in [-0.1, -0.05) is 58.4 Å². The minimum atomic E-state index is -1.25. The molecule has 194 valence electrons. The minimum Gasteiger partial charge on any atom is -0.494 e. The van der Waals surface area contributed by atoms with Gasteiger partial charge in [0.05, 0.1) is 6.61 Å². The maximum absolute atomic E-state index is 13.9. The number of ether oxygens (including phenoxy) is 2. The zero-order valence-corrected chi connectivity index (χ0v) is 22.6. The summed E-state index contributed by atoms with van der Waals surface area (Å²) >= 11 is 3.50. The van der Waals surface area contributed by atoms with Crippen LogP contribution in [0.1, 0.15) is 43.1 Å². The van der Waals surface area contributed by atoms with E-state index in [0.717, 1.165) is 21.2 Å². The van der Waals surface area contributed by atoms with Gasteiger partial charge in [0, 0.05) is 35.5 Å². The zero-order valence-electron chi connectivity index (χ0n) is 21.0. The number of carbonyl (C=O) groups is 1. The van der Waals surface area contributed by atoms with E-state index in [1.54, 1.807) is 0 Å². The third-order valence-corrected chi connectivity index (χ3v) is 6.52. The van der Waals surface area contributed by atoms with E-state index < -0.39 is 11.6 Å². The first-order chi connectivity index (χ1) is 17.9. The van der Waals surface area contributed by atoms with Crippen molar-refractivity contribution in [3.8, 4) is 5.75 Å². The first kappa shape index (κ1) is 26.9. The lowest BCUT2D eigenvalue weighted by Crippen LogP contribution is -2.55. The lowest BCUT2D eigenvalue weighted by atomic mass is 9.82. The van der Waals surface area contributed by atoms with Crippen LogP contribution < -0.4 is 15.6 Å². The van der Waals surface area contributed by atoms with Crippen molar-refractivity contribution >= 4 is 27.7 Å². The van der Waals surface area contributed by atoms with Gasteiger partial charge in [0.15, 0.2) is 11.6 Å². The maximum atomic E-state index is 13.9. The van der Waals surface area contributed by atoms with Gasteiger partial charge in [-0.25, -0.2) is 10.4 Å². The summed E-state index contributed by atoms with van der Waals surface area (Å²) in [6, 6.07) is 25.1. The molecule has 0 unspecified atom stereocenters. The SMILES string of the molecule is CC(C)NNC(=O)[C@@]1(Cc2ccccc2)N=C(c2ccc(OCCCO)cc2)O[C@H]1c1ccc(Br)cc1. The monoisotopic (exact) mass is 565 g/mol. The highest BCUT2D eigenvalue weighted by Crippen LogP contribution is 2.42. The van der Waals surface area contributed by atoms with E-state index in [9.17, 15) is 4.79 Å². The molecule has 3 N–H and O–H groups in total. The number of aliphatic hydroxyl groups is 1. The predicted molar refractivity (Wildman–Crippen MR) is 147 cm³/mol. The fraction of sp³-hybridized carbons (Fsp3) is 0.310. The fourth-order valence-electron chi connectivity index (χ4n) is 4.15. The summed E-state index contributed by atoms with van der Waals surface area (Å²) in [7, 11) is 0.